The summed E-state index contributed by atoms with van der Waals surface area (Å²) in [6.07, 6.45) is 25.7. The average molecular weight is 412 g/mol. The number of rotatable bonds is 9. The SMILES string of the molecule is CCCCCCCCCC[C@H]1CCC2C(CCC3C[C@@H](Br)CCC32)C1. The zero-order chi connectivity index (χ0) is 17.5. The van der Waals surface area contributed by atoms with Crippen molar-refractivity contribution in [2.45, 2.75) is 121 Å². The zero-order valence-corrected chi connectivity index (χ0v) is 18.4. The van der Waals surface area contributed by atoms with Crippen molar-refractivity contribution in [3.63, 3.8) is 0 Å². The monoisotopic (exact) mass is 410 g/mol. The molecule has 0 amide bonds. The Labute approximate surface area is 166 Å². The van der Waals surface area contributed by atoms with E-state index in [1.807, 2.05) is 0 Å². The van der Waals surface area contributed by atoms with E-state index in [0.29, 0.717) is 0 Å². The summed E-state index contributed by atoms with van der Waals surface area (Å²) < 4.78 is 0. The van der Waals surface area contributed by atoms with Crippen molar-refractivity contribution in [1.82, 2.24) is 0 Å². The van der Waals surface area contributed by atoms with Gasteiger partial charge >= 0.3 is 0 Å². The topological polar surface area (TPSA) is 0 Å². The largest absolute Gasteiger partial charge is 0.0891 e. The van der Waals surface area contributed by atoms with Crippen molar-refractivity contribution in [2.24, 2.45) is 29.6 Å². The second kappa shape index (κ2) is 10.7. The lowest BCUT2D eigenvalue weighted by atomic mass is 9.56. The first-order chi connectivity index (χ1) is 12.3. The van der Waals surface area contributed by atoms with Gasteiger partial charge in [0.25, 0.3) is 0 Å². The molecule has 0 spiro atoms. The number of halogens is 1. The minimum absolute atomic E-state index is 0.837. The van der Waals surface area contributed by atoms with Gasteiger partial charge in [-0.1, -0.05) is 87.1 Å². The lowest BCUT2D eigenvalue weighted by Crippen LogP contribution is -2.41. The van der Waals surface area contributed by atoms with Crippen LogP contribution in [0.25, 0.3) is 0 Å². The molecule has 1 heteroatoms. The van der Waals surface area contributed by atoms with Crippen LogP contribution in [0.3, 0.4) is 0 Å². The Bertz CT molecular complexity index is 365. The van der Waals surface area contributed by atoms with E-state index in [1.54, 1.807) is 38.5 Å². The molecular formula is C24H43Br. The third-order valence-electron chi connectivity index (χ3n) is 8.05. The maximum absolute atomic E-state index is 3.91. The normalized spacial score (nSPS) is 38.2. The molecule has 0 saturated heterocycles. The number of unbranched alkanes of at least 4 members (excludes halogenated alkanes) is 7. The van der Waals surface area contributed by atoms with Crippen LogP contribution in [0, 0.1) is 29.6 Å². The van der Waals surface area contributed by atoms with E-state index in [-0.39, 0.29) is 0 Å². The Morgan fingerprint density at radius 1 is 0.640 bits per heavy atom. The van der Waals surface area contributed by atoms with Crippen molar-refractivity contribution in [3.8, 4) is 0 Å². The fourth-order valence-electron chi connectivity index (χ4n) is 6.66. The summed E-state index contributed by atoms with van der Waals surface area (Å²) in [7, 11) is 0. The first kappa shape index (κ1) is 20.2. The van der Waals surface area contributed by atoms with Crippen molar-refractivity contribution in [1.29, 1.82) is 0 Å². The van der Waals surface area contributed by atoms with Crippen molar-refractivity contribution in [2.75, 3.05) is 0 Å². The molecule has 0 radical (unpaired) electrons. The lowest BCUT2D eigenvalue weighted by Gasteiger charge is -2.50. The molecule has 0 bridgehead atoms. The molecule has 3 saturated carbocycles. The van der Waals surface area contributed by atoms with Crippen LogP contribution in [0.4, 0.5) is 0 Å². The van der Waals surface area contributed by atoms with Gasteiger partial charge in [0, 0.05) is 4.83 Å². The van der Waals surface area contributed by atoms with Gasteiger partial charge in [-0.05, 0) is 74.5 Å². The molecule has 146 valence electrons. The maximum atomic E-state index is 3.91. The second-order valence-electron chi connectivity index (χ2n) is 9.78. The van der Waals surface area contributed by atoms with Crippen LogP contribution >= 0.6 is 15.9 Å². The first-order valence-corrected chi connectivity index (χ1v) is 12.8. The quantitative estimate of drug-likeness (QED) is 0.263. The van der Waals surface area contributed by atoms with Crippen LogP contribution in [-0.4, -0.2) is 4.83 Å². The summed E-state index contributed by atoms with van der Waals surface area (Å²) in [5.41, 5.74) is 0. The van der Waals surface area contributed by atoms with Gasteiger partial charge in [0.2, 0.25) is 0 Å². The van der Waals surface area contributed by atoms with E-state index in [2.05, 4.69) is 22.9 Å². The van der Waals surface area contributed by atoms with Crippen LogP contribution in [0.2, 0.25) is 0 Å². The van der Waals surface area contributed by atoms with E-state index >= 15 is 0 Å². The van der Waals surface area contributed by atoms with Gasteiger partial charge in [-0.3, -0.25) is 0 Å². The smallest absolute Gasteiger partial charge is 0.0148 e. The van der Waals surface area contributed by atoms with Crippen molar-refractivity contribution < 1.29 is 0 Å². The predicted octanol–water partition coefficient (Wildman–Crippen LogP) is 8.52. The molecule has 0 heterocycles. The van der Waals surface area contributed by atoms with E-state index in [9.17, 15) is 0 Å². The molecule has 0 aromatic carbocycles. The Morgan fingerprint density at radius 3 is 1.96 bits per heavy atom. The highest BCUT2D eigenvalue weighted by Gasteiger charge is 2.43. The Morgan fingerprint density at radius 2 is 1.24 bits per heavy atom. The Hall–Kier alpha value is 0.480. The summed E-state index contributed by atoms with van der Waals surface area (Å²) in [4.78, 5) is 0.837. The maximum Gasteiger partial charge on any atom is 0.0148 e. The van der Waals surface area contributed by atoms with Gasteiger partial charge in [-0.2, -0.15) is 0 Å². The minimum atomic E-state index is 0.837. The second-order valence-corrected chi connectivity index (χ2v) is 11.1. The van der Waals surface area contributed by atoms with Gasteiger partial charge in [-0.15, -0.1) is 0 Å². The highest BCUT2D eigenvalue weighted by atomic mass is 79.9. The van der Waals surface area contributed by atoms with Gasteiger partial charge in [0.05, 0.1) is 0 Å². The molecule has 4 unspecified atom stereocenters. The summed E-state index contributed by atoms with van der Waals surface area (Å²) >= 11 is 3.91. The lowest BCUT2D eigenvalue weighted by molar-refractivity contribution is 0.0119. The number of hydrogen-bond acceptors (Lipinski definition) is 0. The van der Waals surface area contributed by atoms with Crippen LogP contribution in [0.1, 0.15) is 116 Å². The van der Waals surface area contributed by atoms with Crippen LogP contribution in [-0.2, 0) is 0 Å². The van der Waals surface area contributed by atoms with Crippen LogP contribution in [0.15, 0.2) is 0 Å². The van der Waals surface area contributed by atoms with Crippen molar-refractivity contribution >= 4 is 15.9 Å². The van der Waals surface area contributed by atoms with E-state index in [0.717, 1.165) is 34.4 Å². The van der Waals surface area contributed by atoms with Gasteiger partial charge in [0.1, 0.15) is 0 Å². The molecule has 3 aliphatic rings. The van der Waals surface area contributed by atoms with E-state index in [1.165, 1.54) is 70.6 Å². The van der Waals surface area contributed by atoms with Gasteiger partial charge in [0.15, 0.2) is 0 Å². The van der Waals surface area contributed by atoms with E-state index < -0.39 is 0 Å². The molecule has 6 atom stereocenters. The van der Waals surface area contributed by atoms with Crippen LogP contribution < -0.4 is 0 Å². The predicted molar refractivity (Wildman–Crippen MR) is 114 cm³/mol. The highest BCUT2D eigenvalue weighted by Crippen LogP contribution is 2.53. The molecule has 3 rings (SSSR count). The van der Waals surface area contributed by atoms with Gasteiger partial charge in [-0.25, -0.2) is 0 Å². The number of fused-ring (bicyclic) bond motifs is 3. The fourth-order valence-corrected chi connectivity index (χ4v) is 7.41. The van der Waals surface area contributed by atoms with E-state index in [4.69, 9.17) is 0 Å². The van der Waals surface area contributed by atoms with Gasteiger partial charge < -0.3 is 0 Å². The third-order valence-corrected chi connectivity index (χ3v) is 8.88. The summed E-state index contributed by atoms with van der Waals surface area (Å²) in [6.45, 7) is 2.31. The average Bonchev–Trinajstić information content (AvgIpc) is 2.63. The molecule has 0 aromatic heterocycles. The molecule has 0 N–H and O–H groups in total. The number of hydrogen-bond donors (Lipinski definition) is 0. The first-order valence-electron chi connectivity index (χ1n) is 11.9. The summed E-state index contributed by atoms with van der Waals surface area (Å²) in [5.74, 6) is 5.50. The molecule has 3 aliphatic carbocycles. The summed E-state index contributed by atoms with van der Waals surface area (Å²) in [5, 5.41) is 0. The molecule has 25 heavy (non-hydrogen) atoms. The van der Waals surface area contributed by atoms with Crippen molar-refractivity contribution in [3.05, 3.63) is 0 Å². The minimum Gasteiger partial charge on any atom is -0.0891 e. The number of alkyl halides is 1. The molecule has 0 nitrogen and oxygen atoms in total. The standard InChI is InChI=1S/C24H43Br/c1-2-3-4-5-6-7-8-9-10-19-11-15-23-20(17-19)12-13-21-18-22(25)14-16-24(21)23/h19-24H,2-18H2,1H3/t19-,20?,21?,22-,23?,24?/m0/s1. The molecular weight excluding hydrogens is 368 g/mol. The molecule has 0 aliphatic heterocycles. The molecule has 3 fully saturated rings. The third kappa shape index (κ3) is 5.98. The molecule has 0 aromatic rings. The Kier molecular flexibility index (Phi) is 8.67. The van der Waals surface area contributed by atoms with Crippen LogP contribution in [0.5, 0.6) is 0 Å². The Balaban J connectivity index is 1.30. The summed E-state index contributed by atoms with van der Waals surface area (Å²) in [6, 6.07) is 0. The zero-order valence-electron chi connectivity index (χ0n) is 16.9. The fraction of sp³-hybridized carbons (Fsp3) is 1.00. The highest BCUT2D eigenvalue weighted by molar-refractivity contribution is 9.09.